The van der Waals surface area contributed by atoms with Gasteiger partial charge < -0.3 is 0 Å². The average molecular weight is 321 g/mol. The molecule has 0 aromatic carbocycles. The van der Waals surface area contributed by atoms with Crippen LogP contribution in [-0.4, -0.2) is 47.5 Å². The molecule has 1 aliphatic heterocycles. The van der Waals surface area contributed by atoms with E-state index in [0.717, 1.165) is 17.9 Å². The number of nitrogens with zero attached hydrogens (tertiary/aromatic N) is 2. The van der Waals surface area contributed by atoms with E-state index in [4.69, 9.17) is 11.6 Å². The number of sulfone groups is 1. The number of aromatic nitrogens is 1. The summed E-state index contributed by atoms with van der Waals surface area (Å²) >= 11 is 7.74. The molecule has 0 amide bonds. The Labute approximate surface area is 123 Å². The van der Waals surface area contributed by atoms with Gasteiger partial charge in [0.2, 0.25) is 0 Å². The molecular weight excluding hydrogens is 304 g/mol. The molecule has 1 fully saturated rings. The van der Waals surface area contributed by atoms with Gasteiger partial charge in [-0.1, -0.05) is 24.6 Å². The van der Waals surface area contributed by atoms with E-state index < -0.39 is 15.2 Å². The molecule has 0 aliphatic carbocycles. The van der Waals surface area contributed by atoms with Gasteiger partial charge in [0.05, 0.1) is 0 Å². The standard InChI is InChI=1S/C12H17ClN2O2S2/c1-2-19(16,17)11-9-18-7-6-15(11)8-10-4-3-5-14-12(10)13/h3-5,11H,2,6-9H2,1H3. The number of hydrogen-bond donors (Lipinski definition) is 0. The SMILES string of the molecule is CCS(=O)(=O)C1CSCCN1Cc1cccnc1Cl. The number of hydrogen-bond acceptors (Lipinski definition) is 5. The molecule has 1 atom stereocenters. The highest BCUT2D eigenvalue weighted by atomic mass is 35.5. The minimum Gasteiger partial charge on any atom is -0.281 e. The van der Waals surface area contributed by atoms with Crippen molar-refractivity contribution in [2.24, 2.45) is 0 Å². The molecule has 0 N–H and O–H groups in total. The number of thioether (sulfide) groups is 1. The van der Waals surface area contributed by atoms with Crippen molar-refractivity contribution in [1.82, 2.24) is 9.88 Å². The van der Waals surface area contributed by atoms with Gasteiger partial charge in [-0.2, -0.15) is 11.8 Å². The van der Waals surface area contributed by atoms with Crippen molar-refractivity contribution in [3.8, 4) is 0 Å². The summed E-state index contributed by atoms with van der Waals surface area (Å²) in [6, 6.07) is 3.72. The molecule has 1 aromatic heterocycles. The van der Waals surface area contributed by atoms with Crippen molar-refractivity contribution in [3.63, 3.8) is 0 Å². The first-order valence-electron chi connectivity index (χ1n) is 6.17. The fourth-order valence-corrected chi connectivity index (χ4v) is 5.33. The Morgan fingerprint density at radius 2 is 2.37 bits per heavy atom. The predicted octanol–water partition coefficient (Wildman–Crippen LogP) is 2.04. The fraction of sp³-hybridized carbons (Fsp3) is 0.583. The van der Waals surface area contributed by atoms with Crippen LogP contribution in [0.4, 0.5) is 0 Å². The second-order valence-corrected chi connectivity index (χ2v) is 8.36. The second-order valence-electron chi connectivity index (χ2n) is 4.40. The van der Waals surface area contributed by atoms with Crippen LogP contribution in [0.15, 0.2) is 18.3 Å². The predicted molar refractivity (Wildman–Crippen MR) is 80.2 cm³/mol. The largest absolute Gasteiger partial charge is 0.281 e. The summed E-state index contributed by atoms with van der Waals surface area (Å²) in [5.74, 6) is 1.76. The Balaban J connectivity index is 2.19. The first-order valence-corrected chi connectivity index (χ1v) is 9.42. The molecule has 1 aliphatic rings. The van der Waals surface area contributed by atoms with Crippen molar-refractivity contribution < 1.29 is 8.42 Å². The van der Waals surface area contributed by atoms with E-state index in [9.17, 15) is 8.42 Å². The van der Waals surface area contributed by atoms with Crippen molar-refractivity contribution in [2.75, 3.05) is 23.8 Å². The van der Waals surface area contributed by atoms with Gasteiger partial charge in [-0.25, -0.2) is 13.4 Å². The third-order valence-electron chi connectivity index (χ3n) is 3.22. The molecule has 1 saturated heterocycles. The summed E-state index contributed by atoms with van der Waals surface area (Å²) in [7, 11) is -3.06. The van der Waals surface area contributed by atoms with E-state index in [1.54, 1.807) is 24.9 Å². The highest BCUT2D eigenvalue weighted by molar-refractivity contribution is 8.01. The molecule has 4 nitrogen and oxygen atoms in total. The Morgan fingerprint density at radius 3 is 3.05 bits per heavy atom. The third kappa shape index (κ3) is 3.62. The molecule has 0 saturated carbocycles. The van der Waals surface area contributed by atoms with Crippen molar-refractivity contribution >= 4 is 33.2 Å². The lowest BCUT2D eigenvalue weighted by Gasteiger charge is -2.34. The van der Waals surface area contributed by atoms with Gasteiger partial charge in [-0.15, -0.1) is 0 Å². The first-order chi connectivity index (χ1) is 9.04. The quantitative estimate of drug-likeness (QED) is 0.795. The Hall–Kier alpha value is -0.300. The summed E-state index contributed by atoms with van der Waals surface area (Å²) < 4.78 is 24.3. The van der Waals surface area contributed by atoms with Crippen molar-refractivity contribution in [3.05, 3.63) is 29.0 Å². The lowest BCUT2D eigenvalue weighted by atomic mass is 10.2. The van der Waals surface area contributed by atoms with Gasteiger partial charge in [-0.3, -0.25) is 4.90 Å². The summed E-state index contributed by atoms with van der Waals surface area (Å²) in [5.41, 5.74) is 0.882. The second kappa shape index (κ2) is 6.43. The first kappa shape index (κ1) is 15.1. The van der Waals surface area contributed by atoms with Gasteiger partial charge in [0, 0.05) is 42.1 Å². The van der Waals surface area contributed by atoms with Crippen LogP contribution in [0, 0.1) is 0 Å². The van der Waals surface area contributed by atoms with Gasteiger partial charge in [0.25, 0.3) is 0 Å². The van der Waals surface area contributed by atoms with Crippen LogP contribution in [-0.2, 0) is 16.4 Å². The number of pyridine rings is 1. The van der Waals surface area contributed by atoms with Crippen molar-refractivity contribution in [2.45, 2.75) is 18.8 Å². The number of rotatable bonds is 4. The zero-order valence-electron chi connectivity index (χ0n) is 10.8. The molecule has 1 unspecified atom stereocenters. The molecule has 0 bridgehead atoms. The zero-order chi connectivity index (χ0) is 13.9. The van der Waals surface area contributed by atoms with Crippen LogP contribution in [0.5, 0.6) is 0 Å². The number of halogens is 1. The summed E-state index contributed by atoms with van der Waals surface area (Å²) in [5, 5.41) is 0.0425. The minimum atomic E-state index is -3.06. The van der Waals surface area contributed by atoms with E-state index in [2.05, 4.69) is 4.98 Å². The monoisotopic (exact) mass is 320 g/mol. The molecule has 2 heterocycles. The summed E-state index contributed by atoms with van der Waals surface area (Å²) in [4.78, 5) is 6.03. The highest BCUT2D eigenvalue weighted by Gasteiger charge is 2.32. The maximum atomic E-state index is 12.1. The fourth-order valence-electron chi connectivity index (χ4n) is 2.08. The van der Waals surface area contributed by atoms with E-state index >= 15 is 0 Å². The van der Waals surface area contributed by atoms with Gasteiger partial charge in [0.1, 0.15) is 10.5 Å². The average Bonchev–Trinajstić information content (AvgIpc) is 2.42. The minimum absolute atomic E-state index is 0.176. The molecule has 106 valence electrons. The van der Waals surface area contributed by atoms with Crippen LogP contribution < -0.4 is 0 Å². The van der Waals surface area contributed by atoms with Crippen LogP contribution in [0.2, 0.25) is 5.15 Å². The Morgan fingerprint density at radius 1 is 1.58 bits per heavy atom. The van der Waals surface area contributed by atoms with Crippen molar-refractivity contribution in [1.29, 1.82) is 0 Å². The smallest absolute Gasteiger partial charge is 0.166 e. The molecule has 0 spiro atoms. The van der Waals surface area contributed by atoms with Crippen LogP contribution in [0.25, 0.3) is 0 Å². The van der Waals surface area contributed by atoms with Crippen LogP contribution >= 0.6 is 23.4 Å². The maximum absolute atomic E-state index is 12.1. The normalized spacial score (nSPS) is 21.5. The maximum Gasteiger partial charge on any atom is 0.166 e. The molecule has 2 rings (SSSR count). The highest BCUT2D eigenvalue weighted by Crippen LogP contribution is 2.24. The van der Waals surface area contributed by atoms with Crippen LogP contribution in [0.3, 0.4) is 0 Å². The zero-order valence-corrected chi connectivity index (χ0v) is 13.1. The Bertz CT molecular complexity index is 536. The molecular formula is C12H17ClN2O2S2. The lowest BCUT2D eigenvalue weighted by molar-refractivity contribution is 0.261. The van der Waals surface area contributed by atoms with Crippen LogP contribution in [0.1, 0.15) is 12.5 Å². The summed E-state index contributed by atoms with van der Waals surface area (Å²) in [6.45, 7) is 3.00. The third-order valence-corrected chi connectivity index (χ3v) is 6.89. The van der Waals surface area contributed by atoms with Gasteiger partial charge in [-0.05, 0) is 6.07 Å². The van der Waals surface area contributed by atoms with E-state index in [0.29, 0.717) is 17.5 Å². The molecule has 19 heavy (non-hydrogen) atoms. The summed E-state index contributed by atoms with van der Waals surface area (Å²) in [6.07, 6.45) is 1.64. The van der Waals surface area contributed by atoms with E-state index in [1.807, 2.05) is 17.0 Å². The molecule has 1 aromatic rings. The van der Waals surface area contributed by atoms with Gasteiger partial charge in [0.15, 0.2) is 9.84 Å². The van der Waals surface area contributed by atoms with Gasteiger partial charge >= 0.3 is 0 Å². The van der Waals surface area contributed by atoms with E-state index in [1.165, 1.54) is 0 Å². The Kier molecular flexibility index (Phi) is 5.11. The molecule has 7 heteroatoms. The lowest BCUT2D eigenvalue weighted by Crippen LogP contribution is -2.47. The topological polar surface area (TPSA) is 50.3 Å². The molecule has 0 radical (unpaired) electrons. The van der Waals surface area contributed by atoms with E-state index in [-0.39, 0.29) is 5.75 Å².